The van der Waals surface area contributed by atoms with Crippen LogP contribution in [0.4, 0.5) is 0 Å². The molecule has 0 spiro atoms. The Bertz CT molecular complexity index is 1000. The zero-order valence-corrected chi connectivity index (χ0v) is 29.0. The Morgan fingerprint density at radius 3 is 0.676 bits per heavy atom. The van der Waals surface area contributed by atoms with Crippen LogP contribution in [0, 0.1) is 15.7 Å². The molecule has 0 heterocycles. The molecule has 0 aliphatic carbocycles. The molecule has 0 saturated carbocycles. The summed E-state index contributed by atoms with van der Waals surface area (Å²) in [7, 11) is -1.91. The number of benzene rings is 4. The van der Waals surface area contributed by atoms with Gasteiger partial charge >= 0.3 is 0 Å². The molecule has 0 aromatic heterocycles. The molecule has 6 heteroatoms. The monoisotopic (exact) mass is 974 g/mol. The standard InChI is InChI=1S/C24H20P.2C2I2.BrH/c1-5-13-21(14-6-1)25(22-15-7-2-8-16-22,23-17-9-3-10-18-23)24-19-11-4-12-20-24;2*3-1-2-4;/h1-20H;;;1H/q+1;;;/p-1. The molecule has 0 N–H and O–H groups in total. The summed E-state index contributed by atoms with van der Waals surface area (Å²) in [5, 5.41) is 5.55. The second kappa shape index (κ2) is 19.0. The summed E-state index contributed by atoms with van der Waals surface area (Å²) in [5.74, 6) is 0. The van der Waals surface area contributed by atoms with Crippen LogP contribution in [0.2, 0.25) is 0 Å². The summed E-state index contributed by atoms with van der Waals surface area (Å²) in [6.45, 7) is 0. The largest absolute Gasteiger partial charge is 1.00 e. The van der Waals surface area contributed by atoms with E-state index in [0.29, 0.717) is 0 Å². The predicted octanol–water partition coefficient (Wildman–Crippen LogP) is 4.86. The molecular weight excluding hydrogens is 955 g/mol. The maximum absolute atomic E-state index is 2.64. The maximum atomic E-state index is 2.64. The van der Waals surface area contributed by atoms with Gasteiger partial charge in [0.15, 0.2) is 0 Å². The zero-order valence-electron chi connectivity index (χ0n) is 17.9. The average molecular weight is 975 g/mol. The molecule has 34 heavy (non-hydrogen) atoms. The Kier molecular flexibility index (Phi) is 17.8. The van der Waals surface area contributed by atoms with Crippen LogP contribution in [0.3, 0.4) is 0 Å². The first-order valence-corrected chi connectivity index (χ1v) is 15.9. The highest BCUT2D eigenvalue weighted by atomic mass is 127. The van der Waals surface area contributed by atoms with Gasteiger partial charge < -0.3 is 17.0 Å². The highest BCUT2D eigenvalue weighted by Gasteiger charge is 2.47. The van der Waals surface area contributed by atoms with Gasteiger partial charge in [0.25, 0.3) is 0 Å². The lowest BCUT2D eigenvalue weighted by atomic mass is 10.3. The van der Waals surface area contributed by atoms with Crippen molar-refractivity contribution in [2.45, 2.75) is 0 Å². The van der Waals surface area contributed by atoms with Crippen molar-refractivity contribution < 1.29 is 17.0 Å². The molecule has 0 aliphatic rings. The lowest BCUT2D eigenvalue weighted by Gasteiger charge is -2.27. The van der Waals surface area contributed by atoms with Crippen molar-refractivity contribution in [3.63, 3.8) is 0 Å². The minimum atomic E-state index is -1.91. The van der Waals surface area contributed by atoms with Gasteiger partial charge in [0.1, 0.15) is 28.5 Å². The average Bonchev–Trinajstić information content (AvgIpc) is 2.92. The highest BCUT2D eigenvalue weighted by Crippen LogP contribution is 2.53. The van der Waals surface area contributed by atoms with Gasteiger partial charge in [-0.25, -0.2) is 0 Å². The van der Waals surface area contributed by atoms with Crippen LogP contribution in [0.1, 0.15) is 0 Å². The van der Waals surface area contributed by atoms with E-state index in [1.807, 2.05) is 90.4 Å². The van der Waals surface area contributed by atoms with E-state index in [4.69, 9.17) is 0 Å². The minimum absolute atomic E-state index is 0. The van der Waals surface area contributed by atoms with Gasteiger partial charge in [0, 0.05) is 90.4 Å². The van der Waals surface area contributed by atoms with Gasteiger partial charge in [0.05, 0.1) is 0 Å². The first-order chi connectivity index (χ1) is 16.2. The Morgan fingerprint density at radius 2 is 0.529 bits per heavy atom. The molecule has 0 amide bonds. The van der Waals surface area contributed by atoms with Crippen molar-refractivity contribution >= 4 is 119 Å². The van der Waals surface area contributed by atoms with Gasteiger partial charge in [-0.15, -0.1) is 0 Å². The fourth-order valence-electron chi connectivity index (χ4n) is 3.50. The molecule has 172 valence electrons. The molecule has 4 aromatic carbocycles. The normalized spacial score (nSPS) is 9.06. The van der Waals surface area contributed by atoms with Crippen LogP contribution in [0.25, 0.3) is 0 Å². The number of hydrogen-bond acceptors (Lipinski definition) is 0. The predicted molar refractivity (Wildman–Crippen MR) is 183 cm³/mol. The molecule has 0 saturated heterocycles. The van der Waals surface area contributed by atoms with Crippen molar-refractivity contribution in [1.82, 2.24) is 0 Å². The maximum Gasteiger partial charge on any atom is 0.144 e. The highest BCUT2D eigenvalue weighted by molar-refractivity contribution is 14.1. The Morgan fingerprint density at radius 1 is 0.353 bits per heavy atom. The summed E-state index contributed by atoms with van der Waals surface area (Å²) in [6.07, 6.45) is 0. The van der Waals surface area contributed by atoms with Gasteiger partial charge in [-0.1, -0.05) is 72.8 Å². The van der Waals surface area contributed by atoms with Crippen LogP contribution in [-0.4, -0.2) is 0 Å². The van der Waals surface area contributed by atoms with E-state index in [9.17, 15) is 0 Å². The van der Waals surface area contributed by atoms with Crippen LogP contribution in [-0.2, 0) is 0 Å². The third-order valence-electron chi connectivity index (χ3n) is 4.65. The number of rotatable bonds is 4. The molecule has 0 bridgehead atoms. The second-order valence-electron chi connectivity index (χ2n) is 6.39. The van der Waals surface area contributed by atoms with E-state index in [2.05, 4.69) is 137 Å². The van der Waals surface area contributed by atoms with Crippen LogP contribution < -0.4 is 38.2 Å². The topological polar surface area (TPSA) is 0 Å². The lowest BCUT2D eigenvalue weighted by molar-refractivity contribution is -0.00000579. The lowest BCUT2D eigenvalue weighted by Crippen LogP contribution is -3.00. The molecule has 4 rings (SSSR count). The fraction of sp³-hybridized carbons (Fsp3) is 0. The first-order valence-electron chi connectivity index (χ1n) is 9.79. The third-order valence-corrected chi connectivity index (χ3v) is 12.1. The molecule has 4 aromatic rings. The summed E-state index contributed by atoms with van der Waals surface area (Å²) < 4.78 is 10.5. The zero-order chi connectivity index (χ0) is 23.8. The quantitative estimate of drug-likeness (QED) is 0.156. The number of halogens is 5. The van der Waals surface area contributed by atoms with Gasteiger partial charge in [-0.3, -0.25) is 0 Å². The van der Waals surface area contributed by atoms with Crippen molar-refractivity contribution in [3.05, 3.63) is 121 Å². The van der Waals surface area contributed by atoms with Crippen LogP contribution in [0.15, 0.2) is 121 Å². The van der Waals surface area contributed by atoms with Crippen molar-refractivity contribution in [3.8, 4) is 15.7 Å². The Hall–Kier alpha value is -0.170. The molecular formula is C28H20BrI4P. The second-order valence-corrected chi connectivity index (χ2v) is 12.0. The molecule has 0 radical (unpaired) electrons. The molecule has 0 atom stereocenters. The van der Waals surface area contributed by atoms with E-state index in [1.54, 1.807) is 0 Å². The van der Waals surface area contributed by atoms with E-state index >= 15 is 0 Å². The summed E-state index contributed by atoms with van der Waals surface area (Å²) in [5.41, 5.74) is 0. The Balaban J connectivity index is 0.000000563. The SMILES string of the molecule is IC#CI.IC#CI.[Br-].c1ccc([P+](c2ccccc2)(c2ccccc2)c2ccccc2)cc1. The summed E-state index contributed by atoms with van der Waals surface area (Å²) in [6, 6.07) is 43.8. The van der Waals surface area contributed by atoms with Crippen molar-refractivity contribution in [2.24, 2.45) is 0 Å². The summed E-state index contributed by atoms with van der Waals surface area (Å²) in [4.78, 5) is 0. The molecule has 0 nitrogen and oxygen atoms in total. The van der Waals surface area contributed by atoms with Crippen molar-refractivity contribution in [1.29, 1.82) is 0 Å². The fourth-order valence-corrected chi connectivity index (χ4v) is 7.77. The number of hydrogen-bond donors (Lipinski definition) is 0. The third kappa shape index (κ3) is 9.05. The summed E-state index contributed by atoms with van der Waals surface area (Å²) >= 11 is 7.93. The van der Waals surface area contributed by atoms with Crippen LogP contribution in [0.5, 0.6) is 0 Å². The molecule has 0 fully saturated rings. The van der Waals surface area contributed by atoms with Gasteiger partial charge in [0.2, 0.25) is 0 Å². The van der Waals surface area contributed by atoms with E-state index in [1.165, 1.54) is 21.2 Å². The van der Waals surface area contributed by atoms with Gasteiger partial charge in [-0.05, 0) is 64.2 Å². The minimum Gasteiger partial charge on any atom is -1.00 e. The van der Waals surface area contributed by atoms with Crippen molar-refractivity contribution in [2.75, 3.05) is 0 Å². The van der Waals surface area contributed by atoms with Gasteiger partial charge in [-0.2, -0.15) is 0 Å². The Labute approximate surface area is 269 Å². The van der Waals surface area contributed by atoms with Crippen LogP contribution >= 0.6 is 97.6 Å². The van der Waals surface area contributed by atoms with E-state index in [0.717, 1.165) is 0 Å². The van der Waals surface area contributed by atoms with E-state index < -0.39 is 7.26 Å². The molecule has 0 unspecified atom stereocenters. The van der Waals surface area contributed by atoms with E-state index in [-0.39, 0.29) is 17.0 Å². The molecule has 0 aliphatic heterocycles. The smallest absolute Gasteiger partial charge is 0.144 e. The first kappa shape index (κ1) is 31.9.